The Labute approximate surface area is 106 Å². The third-order valence-corrected chi connectivity index (χ3v) is 4.21. The number of nitrogens with two attached hydrogens (primary N) is 1. The number of nitrogens with zero attached hydrogens (tertiary/aromatic N) is 2. The summed E-state index contributed by atoms with van der Waals surface area (Å²) in [4.78, 5) is 14.2. The number of carbonyl (C=O) groups is 1. The van der Waals surface area contributed by atoms with Crippen molar-refractivity contribution in [3.63, 3.8) is 0 Å². The summed E-state index contributed by atoms with van der Waals surface area (Å²) in [6, 6.07) is 0.217. The number of carbonyl (C=O) groups excluding carboxylic acids is 1. The molecule has 1 rings (SSSR count). The van der Waals surface area contributed by atoms with E-state index in [0.717, 1.165) is 18.1 Å². The summed E-state index contributed by atoms with van der Waals surface area (Å²) < 4.78 is 0. The molecule has 1 fully saturated rings. The molecule has 1 aliphatic heterocycles. The van der Waals surface area contributed by atoms with E-state index in [1.807, 2.05) is 37.4 Å². The van der Waals surface area contributed by atoms with Gasteiger partial charge in [-0.15, -0.1) is 0 Å². The largest absolute Gasteiger partial charge is 0.409 e. The molecular weight excluding hydrogens is 238 g/mol. The van der Waals surface area contributed by atoms with Gasteiger partial charge in [-0.2, -0.15) is 11.8 Å². The Morgan fingerprint density at radius 2 is 2.24 bits per heavy atom. The predicted molar refractivity (Wildman–Crippen MR) is 70.2 cm³/mol. The number of hydrogen-bond acceptors (Lipinski definition) is 4. The van der Waals surface area contributed by atoms with Crippen LogP contribution in [0.1, 0.15) is 20.8 Å². The highest BCUT2D eigenvalue weighted by molar-refractivity contribution is 7.99. The first-order valence-electron chi connectivity index (χ1n) is 5.84. The second-order valence-corrected chi connectivity index (χ2v) is 5.85. The highest BCUT2D eigenvalue weighted by Crippen LogP contribution is 2.21. The van der Waals surface area contributed by atoms with E-state index in [0.29, 0.717) is 0 Å². The van der Waals surface area contributed by atoms with Gasteiger partial charge in [0.15, 0.2) is 5.84 Å². The van der Waals surface area contributed by atoms with Gasteiger partial charge in [0.25, 0.3) is 0 Å². The summed E-state index contributed by atoms with van der Waals surface area (Å²) in [6.45, 7) is 6.59. The lowest BCUT2D eigenvalue weighted by molar-refractivity contribution is -0.136. The first-order chi connectivity index (χ1) is 7.99. The molecule has 98 valence electrons. The minimum atomic E-state index is -0.523. The van der Waals surface area contributed by atoms with Crippen LogP contribution in [-0.2, 0) is 4.79 Å². The van der Waals surface area contributed by atoms with E-state index in [4.69, 9.17) is 10.9 Å². The Kier molecular flexibility index (Phi) is 5.11. The average Bonchev–Trinajstić information content (AvgIpc) is 2.28. The fraction of sp³-hybridized carbons (Fsp3) is 0.818. The molecule has 17 heavy (non-hydrogen) atoms. The number of amidine groups is 1. The van der Waals surface area contributed by atoms with Crippen LogP contribution in [0.2, 0.25) is 0 Å². The average molecular weight is 259 g/mol. The maximum absolute atomic E-state index is 12.4. The maximum atomic E-state index is 12.4. The molecule has 1 saturated heterocycles. The number of oxime groups is 1. The molecule has 3 N–H and O–H groups in total. The minimum Gasteiger partial charge on any atom is -0.409 e. The molecule has 0 bridgehead atoms. The van der Waals surface area contributed by atoms with Crippen molar-refractivity contribution in [3.05, 3.63) is 0 Å². The normalized spacial score (nSPS) is 23.9. The third-order valence-electron chi connectivity index (χ3n) is 3.02. The van der Waals surface area contributed by atoms with Crippen molar-refractivity contribution in [1.82, 2.24) is 4.90 Å². The zero-order valence-corrected chi connectivity index (χ0v) is 11.4. The number of hydrogen-bond donors (Lipinski definition) is 2. The van der Waals surface area contributed by atoms with Crippen LogP contribution in [0.15, 0.2) is 5.16 Å². The smallest absolute Gasteiger partial charge is 0.233 e. The maximum Gasteiger partial charge on any atom is 0.233 e. The summed E-state index contributed by atoms with van der Waals surface area (Å²) in [5, 5.41) is 11.7. The van der Waals surface area contributed by atoms with E-state index in [-0.39, 0.29) is 23.7 Å². The lowest BCUT2D eigenvalue weighted by Crippen LogP contribution is -2.51. The molecule has 0 aliphatic carbocycles. The van der Waals surface area contributed by atoms with Crippen LogP contribution in [-0.4, -0.2) is 45.9 Å². The Morgan fingerprint density at radius 3 is 2.71 bits per heavy atom. The lowest BCUT2D eigenvalue weighted by atomic mass is 9.92. The van der Waals surface area contributed by atoms with Crippen molar-refractivity contribution >= 4 is 23.5 Å². The second-order valence-electron chi connectivity index (χ2n) is 4.70. The second kappa shape index (κ2) is 6.14. The van der Waals surface area contributed by atoms with Crippen LogP contribution in [0.3, 0.4) is 0 Å². The lowest BCUT2D eigenvalue weighted by Gasteiger charge is -2.36. The van der Waals surface area contributed by atoms with Crippen molar-refractivity contribution in [2.24, 2.45) is 22.7 Å². The molecule has 1 heterocycles. The topological polar surface area (TPSA) is 78.9 Å². The Morgan fingerprint density at radius 1 is 1.59 bits per heavy atom. The van der Waals surface area contributed by atoms with Crippen LogP contribution >= 0.6 is 11.8 Å². The van der Waals surface area contributed by atoms with Crippen molar-refractivity contribution in [1.29, 1.82) is 0 Å². The van der Waals surface area contributed by atoms with E-state index in [1.165, 1.54) is 0 Å². The molecule has 6 heteroatoms. The van der Waals surface area contributed by atoms with Crippen molar-refractivity contribution in [3.8, 4) is 0 Å². The van der Waals surface area contributed by atoms with Gasteiger partial charge >= 0.3 is 0 Å². The molecule has 0 aromatic heterocycles. The van der Waals surface area contributed by atoms with Crippen molar-refractivity contribution in [2.75, 3.05) is 18.1 Å². The standard InChI is InChI=1S/C11H21N3O2S/c1-7(2)9(10(12)13-16)11(15)14-4-5-17-6-8(14)3/h7-9,16H,4-6H2,1-3H3,(H2,12,13). The summed E-state index contributed by atoms with van der Waals surface area (Å²) in [6.07, 6.45) is 0. The monoisotopic (exact) mass is 259 g/mol. The first kappa shape index (κ1) is 14.2. The van der Waals surface area contributed by atoms with Crippen LogP contribution in [0.4, 0.5) is 0 Å². The van der Waals surface area contributed by atoms with Crippen LogP contribution < -0.4 is 5.73 Å². The van der Waals surface area contributed by atoms with Gasteiger partial charge in [0, 0.05) is 24.1 Å². The molecule has 2 unspecified atom stereocenters. The molecule has 2 atom stereocenters. The Hall–Kier alpha value is -0.910. The van der Waals surface area contributed by atoms with Gasteiger partial charge in [0.05, 0.1) is 0 Å². The van der Waals surface area contributed by atoms with Gasteiger partial charge in [-0.05, 0) is 12.8 Å². The number of rotatable bonds is 3. The summed E-state index contributed by atoms with van der Waals surface area (Å²) >= 11 is 1.85. The summed E-state index contributed by atoms with van der Waals surface area (Å²) in [7, 11) is 0. The molecular formula is C11H21N3O2S. The summed E-state index contributed by atoms with van der Waals surface area (Å²) in [5.74, 6) is 1.40. The van der Waals surface area contributed by atoms with E-state index >= 15 is 0 Å². The molecule has 0 aromatic carbocycles. The number of amides is 1. The third kappa shape index (κ3) is 3.28. The van der Waals surface area contributed by atoms with Crippen LogP contribution in [0.5, 0.6) is 0 Å². The fourth-order valence-corrected chi connectivity index (χ4v) is 3.06. The molecule has 0 saturated carbocycles. The number of thioether (sulfide) groups is 1. The molecule has 1 aliphatic rings. The quantitative estimate of drug-likeness (QED) is 0.342. The van der Waals surface area contributed by atoms with Gasteiger partial charge in [-0.1, -0.05) is 19.0 Å². The zero-order chi connectivity index (χ0) is 13.0. The van der Waals surface area contributed by atoms with E-state index in [2.05, 4.69) is 5.16 Å². The molecule has 0 aromatic rings. The van der Waals surface area contributed by atoms with Crippen LogP contribution in [0, 0.1) is 11.8 Å². The van der Waals surface area contributed by atoms with Gasteiger partial charge in [0.2, 0.25) is 5.91 Å². The molecule has 0 radical (unpaired) electrons. The predicted octanol–water partition coefficient (Wildman–Crippen LogP) is 0.969. The van der Waals surface area contributed by atoms with Crippen molar-refractivity contribution in [2.45, 2.75) is 26.8 Å². The summed E-state index contributed by atoms with van der Waals surface area (Å²) in [5.41, 5.74) is 5.62. The molecule has 0 spiro atoms. The fourth-order valence-electron chi connectivity index (χ4n) is 2.05. The first-order valence-corrected chi connectivity index (χ1v) is 7.00. The van der Waals surface area contributed by atoms with E-state index in [9.17, 15) is 4.79 Å². The van der Waals surface area contributed by atoms with Crippen molar-refractivity contribution < 1.29 is 10.0 Å². The zero-order valence-electron chi connectivity index (χ0n) is 10.6. The highest BCUT2D eigenvalue weighted by atomic mass is 32.2. The van der Waals surface area contributed by atoms with Gasteiger partial charge in [-0.3, -0.25) is 4.79 Å². The minimum absolute atomic E-state index is 0.00965. The van der Waals surface area contributed by atoms with Gasteiger partial charge < -0.3 is 15.8 Å². The van der Waals surface area contributed by atoms with Gasteiger partial charge in [0.1, 0.15) is 5.92 Å². The van der Waals surface area contributed by atoms with Crippen LogP contribution in [0.25, 0.3) is 0 Å². The highest BCUT2D eigenvalue weighted by Gasteiger charge is 2.34. The van der Waals surface area contributed by atoms with Gasteiger partial charge in [-0.25, -0.2) is 0 Å². The SMILES string of the molecule is CC(C)C(C(=O)N1CCSCC1C)C(N)=NO. The Balaban J connectivity index is 2.84. The molecule has 5 nitrogen and oxygen atoms in total. The van der Waals surface area contributed by atoms with E-state index < -0.39 is 5.92 Å². The molecule has 1 amide bonds. The Bertz CT molecular complexity index is 307. The van der Waals surface area contributed by atoms with E-state index in [1.54, 1.807) is 0 Å².